The first-order valence-corrected chi connectivity index (χ1v) is 5.65. The number of hydrogen-bond acceptors (Lipinski definition) is 2. The Morgan fingerprint density at radius 1 is 1.33 bits per heavy atom. The first-order valence-electron chi connectivity index (χ1n) is 5.65. The Morgan fingerprint density at radius 3 is 2.40 bits per heavy atom. The monoisotopic (exact) mass is 211 g/mol. The molecule has 4 nitrogen and oxygen atoms in total. The van der Waals surface area contributed by atoms with E-state index in [0.717, 1.165) is 24.7 Å². The van der Waals surface area contributed by atoms with E-state index in [4.69, 9.17) is 5.11 Å². The van der Waals surface area contributed by atoms with Crippen molar-refractivity contribution in [1.29, 1.82) is 0 Å². The minimum absolute atomic E-state index is 0.0588. The zero-order valence-corrected chi connectivity index (χ0v) is 8.90. The van der Waals surface area contributed by atoms with Crippen molar-refractivity contribution in [3.05, 3.63) is 0 Å². The van der Waals surface area contributed by atoms with Crippen LogP contribution < -0.4 is 5.32 Å². The minimum Gasteiger partial charge on any atom is -0.480 e. The molecule has 4 heteroatoms. The molecule has 0 aliphatic heterocycles. The number of rotatable bonds is 4. The molecule has 0 spiro atoms. The first-order chi connectivity index (χ1) is 7.11. The van der Waals surface area contributed by atoms with Crippen LogP contribution in [-0.4, -0.2) is 23.0 Å². The second-order valence-corrected chi connectivity index (χ2v) is 4.73. The number of carboxylic acid groups (broad SMARTS) is 1. The van der Waals surface area contributed by atoms with Crippen LogP contribution in [0, 0.1) is 17.8 Å². The zero-order valence-electron chi connectivity index (χ0n) is 8.90. The summed E-state index contributed by atoms with van der Waals surface area (Å²) in [6, 6.07) is -0.713. The van der Waals surface area contributed by atoms with Crippen LogP contribution in [-0.2, 0) is 9.59 Å². The van der Waals surface area contributed by atoms with Crippen molar-refractivity contribution < 1.29 is 14.7 Å². The number of amides is 1. The number of nitrogens with one attached hydrogen (secondary N) is 1. The lowest BCUT2D eigenvalue weighted by Crippen LogP contribution is -2.43. The van der Waals surface area contributed by atoms with Crippen molar-refractivity contribution in [2.75, 3.05) is 0 Å². The summed E-state index contributed by atoms with van der Waals surface area (Å²) in [7, 11) is 0. The maximum absolute atomic E-state index is 11.7. The first kappa shape index (κ1) is 10.5. The standard InChI is InChI=1S/C11H17NO3/c1-2-9(11(14)15)12-10(13)8-4-6-3-7(6)5-8/h6-9H,2-5H2,1H3,(H,12,13)(H,14,15)/t6?,7?,8?,9-/m0/s1. The number of carbonyl (C=O) groups is 2. The van der Waals surface area contributed by atoms with Crippen LogP contribution in [0.1, 0.15) is 32.6 Å². The fraction of sp³-hybridized carbons (Fsp3) is 0.818. The molecule has 84 valence electrons. The van der Waals surface area contributed by atoms with Gasteiger partial charge in [0, 0.05) is 5.92 Å². The number of fused-ring (bicyclic) bond motifs is 1. The molecular weight excluding hydrogens is 194 g/mol. The fourth-order valence-corrected chi connectivity index (χ4v) is 2.56. The van der Waals surface area contributed by atoms with Crippen LogP contribution in [0.3, 0.4) is 0 Å². The Kier molecular flexibility index (Phi) is 2.67. The van der Waals surface area contributed by atoms with Crippen molar-refractivity contribution >= 4 is 11.9 Å². The van der Waals surface area contributed by atoms with Gasteiger partial charge < -0.3 is 10.4 Å². The van der Waals surface area contributed by atoms with Crippen LogP contribution in [0.4, 0.5) is 0 Å². The van der Waals surface area contributed by atoms with E-state index >= 15 is 0 Å². The van der Waals surface area contributed by atoms with Gasteiger partial charge in [-0.1, -0.05) is 6.92 Å². The van der Waals surface area contributed by atoms with E-state index in [1.807, 2.05) is 0 Å². The molecule has 2 N–H and O–H groups in total. The Bertz CT molecular complexity index is 280. The SMILES string of the molecule is CC[C@H](NC(=O)C1CC2CC2C1)C(=O)O. The molecule has 2 rings (SSSR count). The predicted molar refractivity (Wildman–Crippen MR) is 54.2 cm³/mol. The third kappa shape index (κ3) is 2.13. The zero-order chi connectivity index (χ0) is 11.0. The molecule has 2 aliphatic carbocycles. The van der Waals surface area contributed by atoms with Gasteiger partial charge in [0.05, 0.1) is 0 Å². The largest absolute Gasteiger partial charge is 0.480 e. The topological polar surface area (TPSA) is 66.4 Å². The van der Waals surface area contributed by atoms with Gasteiger partial charge in [0.1, 0.15) is 6.04 Å². The second kappa shape index (κ2) is 3.83. The van der Waals surface area contributed by atoms with Crippen LogP contribution in [0.2, 0.25) is 0 Å². The van der Waals surface area contributed by atoms with Gasteiger partial charge in [-0.05, 0) is 37.5 Å². The average Bonchev–Trinajstić information content (AvgIpc) is 2.81. The van der Waals surface area contributed by atoms with Crippen LogP contribution in [0.15, 0.2) is 0 Å². The van der Waals surface area contributed by atoms with Crippen molar-refractivity contribution in [1.82, 2.24) is 5.32 Å². The van der Waals surface area contributed by atoms with Gasteiger partial charge in [-0.25, -0.2) is 4.79 Å². The third-order valence-electron chi connectivity index (χ3n) is 3.64. The highest BCUT2D eigenvalue weighted by Crippen LogP contribution is 2.54. The summed E-state index contributed by atoms with van der Waals surface area (Å²) in [4.78, 5) is 22.5. The molecule has 15 heavy (non-hydrogen) atoms. The minimum atomic E-state index is -0.936. The van der Waals surface area contributed by atoms with Gasteiger partial charge >= 0.3 is 5.97 Å². The van der Waals surface area contributed by atoms with E-state index in [0.29, 0.717) is 6.42 Å². The molecule has 0 aromatic carbocycles. The third-order valence-corrected chi connectivity index (χ3v) is 3.64. The number of aliphatic carboxylic acids is 1. The molecule has 0 heterocycles. The molecule has 2 fully saturated rings. The summed E-state index contributed by atoms with van der Waals surface area (Å²) in [5, 5.41) is 11.4. The highest BCUT2D eigenvalue weighted by molar-refractivity contribution is 5.85. The highest BCUT2D eigenvalue weighted by atomic mass is 16.4. The van der Waals surface area contributed by atoms with Crippen molar-refractivity contribution in [3.8, 4) is 0 Å². The maximum Gasteiger partial charge on any atom is 0.326 e. The summed E-state index contributed by atoms with van der Waals surface area (Å²) in [5.74, 6) is 0.587. The number of hydrogen-bond donors (Lipinski definition) is 2. The predicted octanol–water partition coefficient (Wildman–Crippen LogP) is 1.01. The van der Waals surface area contributed by atoms with Gasteiger partial charge in [-0.3, -0.25) is 4.79 Å². The summed E-state index contributed by atoms with van der Waals surface area (Å²) < 4.78 is 0. The Balaban J connectivity index is 1.83. The van der Waals surface area contributed by atoms with Crippen LogP contribution in [0.25, 0.3) is 0 Å². The lowest BCUT2D eigenvalue weighted by atomic mass is 10.0. The molecule has 1 amide bonds. The molecule has 2 unspecified atom stereocenters. The van der Waals surface area contributed by atoms with Crippen LogP contribution in [0.5, 0.6) is 0 Å². The lowest BCUT2D eigenvalue weighted by Gasteiger charge is -2.16. The van der Waals surface area contributed by atoms with E-state index in [1.165, 1.54) is 6.42 Å². The molecule has 0 aromatic heterocycles. The fourth-order valence-electron chi connectivity index (χ4n) is 2.56. The van der Waals surface area contributed by atoms with Gasteiger partial charge in [0.15, 0.2) is 0 Å². The maximum atomic E-state index is 11.7. The number of carboxylic acids is 1. The van der Waals surface area contributed by atoms with E-state index in [2.05, 4.69) is 5.32 Å². The van der Waals surface area contributed by atoms with Crippen LogP contribution >= 0.6 is 0 Å². The molecular formula is C11H17NO3. The molecule has 2 saturated carbocycles. The Labute approximate surface area is 89.0 Å². The lowest BCUT2D eigenvalue weighted by molar-refractivity contribution is -0.142. The smallest absolute Gasteiger partial charge is 0.326 e. The number of carbonyl (C=O) groups excluding carboxylic acids is 1. The van der Waals surface area contributed by atoms with E-state index in [9.17, 15) is 9.59 Å². The van der Waals surface area contributed by atoms with Gasteiger partial charge in [-0.15, -0.1) is 0 Å². The summed E-state index contributed by atoms with van der Waals surface area (Å²) in [6.07, 6.45) is 3.65. The normalized spacial score (nSPS) is 34.3. The average molecular weight is 211 g/mol. The molecule has 0 saturated heterocycles. The Hall–Kier alpha value is -1.06. The van der Waals surface area contributed by atoms with Crippen molar-refractivity contribution in [2.45, 2.75) is 38.6 Å². The summed E-state index contributed by atoms with van der Waals surface area (Å²) >= 11 is 0. The Morgan fingerprint density at radius 2 is 1.93 bits per heavy atom. The molecule has 0 radical (unpaired) electrons. The highest BCUT2D eigenvalue weighted by Gasteiger charge is 2.48. The van der Waals surface area contributed by atoms with Gasteiger partial charge in [0.25, 0.3) is 0 Å². The van der Waals surface area contributed by atoms with E-state index in [-0.39, 0.29) is 11.8 Å². The van der Waals surface area contributed by atoms with Gasteiger partial charge in [-0.2, -0.15) is 0 Å². The summed E-state index contributed by atoms with van der Waals surface area (Å²) in [6.45, 7) is 1.77. The second-order valence-electron chi connectivity index (χ2n) is 4.73. The van der Waals surface area contributed by atoms with Crippen molar-refractivity contribution in [2.24, 2.45) is 17.8 Å². The summed E-state index contributed by atoms with van der Waals surface area (Å²) in [5.41, 5.74) is 0. The quantitative estimate of drug-likeness (QED) is 0.729. The molecule has 0 bridgehead atoms. The molecule has 0 aromatic rings. The van der Waals surface area contributed by atoms with Gasteiger partial charge in [0.2, 0.25) is 5.91 Å². The van der Waals surface area contributed by atoms with E-state index < -0.39 is 12.0 Å². The van der Waals surface area contributed by atoms with Crippen molar-refractivity contribution in [3.63, 3.8) is 0 Å². The molecule has 2 aliphatic rings. The van der Waals surface area contributed by atoms with E-state index in [1.54, 1.807) is 6.92 Å². The molecule has 3 atom stereocenters.